The fourth-order valence-corrected chi connectivity index (χ4v) is 2.63. The van der Waals surface area contributed by atoms with Crippen molar-refractivity contribution in [1.29, 1.82) is 0 Å². The maximum absolute atomic E-state index is 12.2. The SMILES string of the molecule is C[C@H](CCOc1ccccc1)C(=O)N[C@H]1CCCN(C)C1. The van der Waals surface area contributed by atoms with Crippen LogP contribution in [-0.4, -0.2) is 43.6 Å². The Labute approximate surface area is 127 Å². The molecule has 0 unspecified atom stereocenters. The van der Waals surface area contributed by atoms with Gasteiger partial charge >= 0.3 is 0 Å². The fraction of sp³-hybridized carbons (Fsp3) is 0.588. The number of carbonyl (C=O) groups excluding carboxylic acids is 1. The number of para-hydroxylation sites is 1. The zero-order chi connectivity index (χ0) is 15.1. The second-order valence-electron chi connectivity index (χ2n) is 5.96. The second kappa shape index (κ2) is 8.03. The molecular formula is C17H26N2O2. The fourth-order valence-electron chi connectivity index (χ4n) is 2.63. The maximum atomic E-state index is 12.2. The Morgan fingerprint density at radius 3 is 2.90 bits per heavy atom. The Hall–Kier alpha value is -1.55. The van der Waals surface area contributed by atoms with Gasteiger partial charge in [0.15, 0.2) is 0 Å². The predicted molar refractivity (Wildman–Crippen MR) is 84.4 cm³/mol. The van der Waals surface area contributed by atoms with Gasteiger partial charge in [-0.1, -0.05) is 25.1 Å². The lowest BCUT2D eigenvalue weighted by molar-refractivity contribution is -0.125. The van der Waals surface area contributed by atoms with Gasteiger partial charge in [-0.2, -0.15) is 0 Å². The quantitative estimate of drug-likeness (QED) is 0.874. The molecule has 1 amide bonds. The topological polar surface area (TPSA) is 41.6 Å². The van der Waals surface area contributed by atoms with Crippen LogP contribution in [0.1, 0.15) is 26.2 Å². The van der Waals surface area contributed by atoms with Crippen LogP contribution in [0.2, 0.25) is 0 Å². The smallest absolute Gasteiger partial charge is 0.223 e. The van der Waals surface area contributed by atoms with E-state index >= 15 is 0 Å². The van der Waals surface area contributed by atoms with Crippen LogP contribution in [-0.2, 0) is 4.79 Å². The summed E-state index contributed by atoms with van der Waals surface area (Å²) in [4.78, 5) is 14.5. The van der Waals surface area contributed by atoms with Crippen molar-refractivity contribution in [2.45, 2.75) is 32.2 Å². The van der Waals surface area contributed by atoms with Crippen molar-refractivity contribution in [3.63, 3.8) is 0 Å². The minimum Gasteiger partial charge on any atom is -0.494 e. The molecule has 1 aromatic carbocycles. The van der Waals surface area contributed by atoms with Crippen molar-refractivity contribution in [1.82, 2.24) is 10.2 Å². The molecule has 2 atom stereocenters. The highest BCUT2D eigenvalue weighted by Gasteiger charge is 2.21. The van der Waals surface area contributed by atoms with E-state index in [0.717, 1.165) is 38.1 Å². The third kappa shape index (κ3) is 5.38. The van der Waals surface area contributed by atoms with Crippen molar-refractivity contribution >= 4 is 5.91 Å². The molecule has 0 aliphatic carbocycles. The lowest BCUT2D eigenvalue weighted by atomic mass is 10.0. The van der Waals surface area contributed by atoms with Gasteiger partial charge in [-0.05, 0) is 45.0 Å². The van der Waals surface area contributed by atoms with E-state index < -0.39 is 0 Å². The van der Waals surface area contributed by atoms with Gasteiger partial charge in [-0.3, -0.25) is 4.79 Å². The summed E-state index contributed by atoms with van der Waals surface area (Å²) in [6.45, 7) is 4.63. The first kappa shape index (κ1) is 15.8. The number of hydrogen-bond donors (Lipinski definition) is 1. The Morgan fingerprint density at radius 2 is 2.19 bits per heavy atom. The molecule has 0 bridgehead atoms. The number of amides is 1. The summed E-state index contributed by atoms with van der Waals surface area (Å²) in [5.41, 5.74) is 0. The first-order valence-electron chi connectivity index (χ1n) is 7.82. The van der Waals surface area contributed by atoms with E-state index in [1.54, 1.807) is 0 Å². The average Bonchev–Trinajstić information content (AvgIpc) is 2.48. The molecule has 1 heterocycles. The van der Waals surface area contributed by atoms with E-state index in [0.29, 0.717) is 12.6 Å². The maximum Gasteiger partial charge on any atom is 0.223 e. The molecule has 1 aromatic rings. The van der Waals surface area contributed by atoms with E-state index in [9.17, 15) is 4.79 Å². The number of likely N-dealkylation sites (tertiary alicyclic amines) is 1. The number of ether oxygens (including phenoxy) is 1. The molecule has 21 heavy (non-hydrogen) atoms. The number of rotatable bonds is 6. The Bertz CT molecular complexity index is 436. The molecule has 1 N–H and O–H groups in total. The van der Waals surface area contributed by atoms with Crippen LogP contribution >= 0.6 is 0 Å². The number of nitrogens with one attached hydrogen (secondary N) is 1. The van der Waals surface area contributed by atoms with Crippen molar-refractivity contribution in [3.05, 3.63) is 30.3 Å². The lowest BCUT2D eigenvalue weighted by Crippen LogP contribution is -2.47. The highest BCUT2D eigenvalue weighted by molar-refractivity contribution is 5.78. The molecule has 1 fully saturated rings. The molecule has 4 heteroatoms. The van der Waals surface area contributed by atoms with Gasteiger partial charge in [0.05, 0.1) is 6.61 Å². The third-order valence-electron chi connectivity index (χ3n) is 3.98. The van der Waals surface area contributed by atoms with Crippen molar-refractivity contribution in [2.24, 2.45) is 5.92 Å². The summed E-state index contributed by atoms with van der Waals surface area (Å²) in [7, 11) is 2.11. The number of hydrogen-bond acceptors (Lipinski definition) is 3. The van der Waals surface area contributed by atoms with Crippen molar-refractivity contribution in [3.8, 4) is 5.75 Å². The van der Waals surface area contributed by atoms with Crippen molar-refractivity contribution in [2.75, 3.05) is 26.7 Å². The van der Waals surface area contributed by atoms with E-state index in [2.05, 4.69) is 17.3 Å². The second-order valence-corrected chi connectivity index (χ2v) is 5.96. The van der Waals surface area contributed by atoms with Crippen LogP contribution in [0.15, 0.2) is 30.3 Å². The van der Waals surface area contributed by atoms with Crippen molar-refractivity contribution < 1.29 is 9.53 Å². The molecular weight excluding hydrogens is 264 g/mol. The first-order chi connectivity index (χ1) is 10.1. The minimum absolute atomic E-state index is 0.0130. The number of carbonyl (C=O) groups is 1. The van der Waals surface area contributed by atoms with Gasteiger partial charge in [0.2, 0.25) is 5.91 Å². The van der Waals surface area contributed by atoms with E-state index in [-0.39, 0.29) is 11.8 Å². The summed E-state index contributed by atoms with van der Waals surface area (Å²) in [6.07, 6.45) is 2.99. The monoisotopic (exact) mass is 290 g/mol. The third-order valence-corrected chi connectivity index (χ3v) is 3.98. The molecule has 1 aliphatic rings. The number of benzene rings is 1. The number of piperidine rings is 1. The molecule has 0 saturated carbocycles. The zero-order valence-corrected chi connectivity index (χ0v) is 13.0. The number of likely N-dealkylation sites (N-methyl/N-ethyl adjacent to an activating group) is 1. The summed E-state index contributed by atoms with van der Waals surface area (Å²) >= 11 is 0. The van der Waals surface area contributed by atoms with Crippen LogP contribution in [0.3, 0.4) is 0 Å². The molecule has 0 aromatic heterocycles. The standard InChI is InChI=1S/C17H26N2O2/c1-14(10-12-21-16-8-4-3-5-9-16)17(20)18-15-7-6-11-19(2)13-15/h3-5,8-9,14-15H,6-7,10-13H2,1-2H3,(H,18,20)/t14-,15+/m1/s1. The normalized spacial score (nSPS) is 20.8. The molecule has 4 nitrogen and oxygen atoms in total. The zero-order valence-electron chi connectivity index (χ0n) is 13.0. The summed E-state index contributed by atoms with van der Waals surface area (Å²) in [6, 6.07) is 10.0. The molecule has 0 radical (unpaired) electrons. The number of nitrogens with zero attached hydrogens (tertiary/aromatic N) is 1. The van der Waals surface area contributed by atoms with Gasteiger partial charge in [0, 0.05) is 18.5 Å². The van der Waals surface area contributed by atoms with Gasteiger partial charge < -0.3 is 15.0 Å². The highest BCUT2D eigenvalue weighted by atomic mass is 16.5. The average molecular weight is 290 g/mol. The van der Waals surface area contributed by atoms with E-state index in [1.165, 1.54) is 0 Å². The molecule has 0 spiro atoms. The highest BCUT2D eigenvalue weighted by Crippen LogP contribution is 2.12. The largest absolute Gasteiger partial charge is 0.494 e. The molecule has 1 saturated heterocycles. The lowest BCUT2D eigenvalue weighted by Gasteiger charge is -2.31. The molecule has 2 rings (SSSR count). The Kier molecular flexibility index (Phi) is 6.05. The Morgan fingerprint density at radius 1 is 1.43 bits per heavy atom. The predicted octanol–water partition coefficient (Wildman–Crippen LogP) is 2.30. The van der Waals surface area contributed by atoms with E-state index in [1.807, 2.05) is 37.3 Å². The summed E-state index contributed by atoms with van der Waals surface area (Å²) in [5.74, 6) is 0.993. The van der Waals surface area contributed by atoms with Crippen LogP contribution in [0, 0.1) is 5.92 Å². The summed E-state index contributed by atoms with van der Waals surface area (Å²) in [5, 5.41) is 3.16. The minimum atomic E-state index is -0.0130. The molecule has 1 aliphatic heterocycles. The summed E-state index contributed by atoms with van der Waals surface area (Å²) < 4.78 is 5.65. The van der Waals surface area contributed by atoms with Gasteiger partial charge in [-0.15, -0.1) is 0 Å². The first-order valence-corrected chi connectivity index (χ1v) is 7.82. The van der Waals surface area contributed by atoms with Crippen LogP contribution in [0.25, 0.3) is 0 Å². The van der Waals surface area contributed by atoms with Crippen LogP contribution in [0.4, 0.5) is 0 Å². The van der Waals surface area contributed by atoms with Gasteiger partial charge in [-0.25, -0.2) is 0 Å². The van der Waals surface area contributed by atoms with Gasteiger partial charge in [0.25, 0.3) is 0 Å². The van der Waals surface area contributed by atoms with E-state index in [4.69, 9.17) is 4.74 Å². The van der Waals surface area contributed by atoms with Crippen LogP contribution in [0.5, 0.6) is 5.75 Å². The van der Waals surface area contributed by atoms with Crippen LogP contribution < -0.4 is 10.1 Å². The molecule has 116 valence electrons. The Balaban J connectivity index is 1.67. The van der Waals surface area contributed by atoms with Gasteiger partial charge in [0.1, 0.15) is 5.75 Å².